The van der Waals surface area contributed by atoms with E-state index in [2.05, 4.69) is 25.7 Å². The standard InChI is InChI=1S/C14H14N6/c1-9-13(17-8-18-14(9)20-15)19-12-4-2-3-10-5-6-16-7-11(10)12/h2-8H,15H2,1H3,(H2,17,18,19,20). The van der Waals surface area contributed by atoms with Gasteiger partial charge in [-0.15, -0.1) is 0 Å². The minimum Gasteiger partial charge on any atom is -0.339 e. The fourth-order valence-corrected chi connectivity index (χ4v) is 2.07. The van der Waals surface area contributed by atoms with Gasteiger partial charge in [0.25, 0.3) is 0 Å². The lowest BCUT2D eigenvalue weighted by Gasteiger charge is -2.12. The van der Waals surface area contributed by atoms with Gasteiger partial charge in [-0.05, 0) is 24.4 Å². The highest BCUT2D eigenvalue weighted by atomic mass is 15.3. The van der Waals surface area contributed by atoms with E-state index in [1.54, 1.807) is 6.20 Å². The number of benzene rings is 1. The van der Waals surface area contributed by atoms with Crippen LogP contribution in [0.15, 0.2) is 43.0 Å². The molecule has 0 saturated carbocycles. The van der Waals surface area contributed by atoms with Gasteiger partial charge in [-0.2, -0.15) is 0 Å². The Labute approximate surface area is 116 Å². The van der Waals surface area contributed by atoms with E-state index in [0.717, 1.165) is 22.0 Å². The average Bonchev–Trinajstić information content (AvgIpc) is 2.50. The fraction of sp³-hybridized carbons (Fsp3) is 0.0714. The van der Waals surface area contributed by atoms with Crippen molar-refractivity contribution in [1.82, 2.24) is 15.0 Å². The van der Waals surface area contributed by atoms with Gasteiger partial charge in [0.15, 0.2) is 0 Å². The molecule has 3 rings (SSSR count). The number of nitrogens with two attached hydrogens (primary N) is 1. The molecule has 0 aliphatic rings. The summed E-state index contributed by atoms with van der Waals surface area (Å²) in [5, 5.41) is 5.46. The Morgan fingerprint density at radius 3 is 2.80 bits per heavy atom. The number of pyridine rings is 1. The molecule has 0 fully saturated rings. The maximum Gasteiger partial charge on any atom is 0.148 e. The molecule has 0 unspecified atom stereocenters. The average molecular weight is 266 g/mol. The molecule has 100 valence electrons. The molecular weight excluding hydrogens is 252 g/mol. The van der Waals surface area contributed by atoms with E-state index in [1.165, 1.54) is 6.33 Å². The minimum atomic E-state index is 0.598. The van der Waals surface area contributed by atoms with Crippen LogP contribution in [0, 0.1) is 6.92 Å². The molecule has 0 saturated heterocycles. The van der Waals surface area contributed by atoms with Gasteiger partial charge in [0.1, 0.15) is 18.0 Å². The summed E-state index contributed by atoms with van der Waals surface area (Å²) >= 11 is 0. The van der Waals surface area contributed by atoms with Crippen LogP contribution in [0.5, 0.6) is 0 Å². The summed E-state index contributed by atoms with van der Waals surface area (Å²) < 4.78 is 0. The molecule has 3 aromatic rings. The summed E-state index contributed by atoms with van der Waals surface area (Å²) in [5.74, 6) is 6.74. The molecule has 6 nitrogen and oxygen atoms in total. The van der Waals surface area contributed by atoms with Gasteiger partial charge in [-0.25, -0.2) is 15.8 Å². The molecule has 0 radical (unpaired) electrons. The van der Waals surface area contributed by atoms with Crippen LogP contribution in [0.3, 0.4) is 0 Å². The highest BCUT2D eigenvalue weighted by Crippen LogP contribution is 2.27. The maximum absolute atomic E-state index is 5.43. The van der Waals surface area contributed by atoms with Crippen molar-refractivity contribution in [2.45, 2.75) is 6.92 Å². The Bertz CT molecular complexity index is 750. The Morgan fingerprint density at radius 1 is 1.10 bits per heavy atom. The van der Waals surface area contributed by atoms with Crippen molar-refractivity contribution in [3.05, 3.63) is 48.5 Å². The van der Waals surface area contributed by atoms with Crippen LogP contribution in [0.1, 0.15) is 5.56 Å². The first kappa shape index (κ1) is 12.3. The Kier molecular flexibility index (Phi) is 3.14. The van der Waals surface area contributed by atoms with E-state index in [0.29, 0.717) is 11.6 Å². The predicted octanol–water partition coefficient (Wildman–Crippen LogP) is 2.36. The first-order valence-corrected chi connectivity index (χ1v) is 6.17. The Morgan fingerprint density at radius 2 is 1.95 bits per heavy atom. The van der Waals surface area contributed by atoms with Gasteiger partial charge >= 0.3 is 0 Å². The van der Waals surface area contributed by atoms with Crippen LogP contribution in [0.2, 0.25) is 0 Å². The van der Waals surface area contributed by atoms with Crippen molar-refractivity contribution in [2.75, 3.05) is 10.7 Å². The lowest BCUT2D eigenvalue weighted by Crippen LogP contribution is -2.11. The number of hydrogen-bond donors (Lipinski definition) is 3. The third-order valence-electron chi connectivity index (χ3n) is 3.16. The topological polar surface area (TPSA) is 88.8 Å². The normalized spacial score (nSPS) is 10.5. The fourth-order valence-electron chi connectivity index (χ4n) is 2.07. The van der Waals surface area contributed by atoms with Crippen LogP contribution in [-0.2, 0) is 0 Å². The zero-order valence-corrected chi connectivity index (χ0v) is 11.0. The molecule has 1 aromatic carbocycles. The number of fused-ring (bicyclic) bond motifs is 1. The maximum atomic E-state index is 5.43. The number of nitrogens with one attached hydrogen (secondary N) is 2. The van der Waals surface area contributed by atoms with Crippen molar-refractivity contribution in [3.8, 4) is 0 Å². The molecule has 6 heteroatoms. The van der Waals surface area contributed by atoms with E-state index in [1.807, 2.05) is 37.4 Å². The van der Waals surface area contributed by atoms with Gasteiger partial charge in [0.05, 0.1) is 0 Å². The summed E-state index contributed by atoms with van der Waals surface area (Å²) in [5.41, 5.74) is 4.36. The van der Waals surface area contributed by atoms with Gasteiger partial charge in [0.2, 0.25) is 0 Å². The van der Waals surface area contributed by atoms with Crippen molar-refractivity contribution < 1.29 is 0 Å². The Hall–Kier alpha value is -2.73. The van der Waals surface area contributed by atoms with E-state index in [4.69, 9.17) is 5.84 Å². The van der Waals surface area contributed by atoms with Crippen molar-refractivity contribution in [1.29, 1.82) is 0 Å². The summed E-state index contributed by atoms with van der Waals surface area (Å²) in [6.07, 6.45) is 5.07. The first-order valence-electron chi connectivity index (χ1n) is 6.17. The minimum absolute atomic E-state index is 0.598. The molecule has 0 aliphatic carbocycles. The van der Waals surface area contributed by atoms with E-state index in [-0.39, 0.29) is 0 Å². The molecule has 4 N–H and O–H groups in total. The van der Waals surface area contributed by atoms with E-state index >= 15 is 0 Å². The number of nitrogen functional groups attached to an aromatic ring is 1. The van der Waals surface area contributed by atoms with Crippen LogP contribution in [-0.4, -0.2) is 15.0 Å². The van der Waals surface area contributed by atoms with Crippen molar-refractivity contribution in [3.63, 3.8) is 0 Å². The van der Waals surface area contributed by atoms with Crippen molar-refractivity contribution >= 4 is 28.1 Å². The summed E-state index contributed by atoms with van der Waals surface area (Å²) in [7, 11) is 0. The molecule has 0 spiro atoms. The van der Waals surface area contributed by atoms with Gasteiger partial charge in [-0.3, -0.25) is 4.98 Å². The van der Waals surface area contributed by atoms with Crippen LogP contribution in [0.4, 0.5) is 17.3 Å². The predicted molar refractivity (Wildman–Crippen MR) is 79.6 cm³/mol. The second-order valence-electron chi connectivity index (χ2n) is 4.37. The molecule has 2 heterocycles. The van der Waals surface area contributed by atoms with E-state index in [9.17, 15) is 0 Å². The number of anilines is 3. The SMILES string of the molecule is Cc1c(NN)ncnc1Nc1cccc2ccncc12. The molecule has 0 bridgehead atoms. The second-order valence-corrected chi connectivity index (χ2v) is 4.37. The highest BCUT2D eigenvalue weighted by Gasteiger charge is 2.07. The van der Waals surface area contributed by atoms with Gasteiger partial charge in [0, 0.05) is 29.0 Å². The number of hydrazine groups is 1. The van der Waals surface area contributed by atoms with Crippen molar-refractivity contribution in [2.24, 2.45) is 5.84 Å². The molecular formula is C14H14N6. The smallest absolute Gasteiger partial charge is 0.148 e. The monoisotopic (exact) mass is 266 g/mol. The zero-order valence-electron chi connectivity index (χ0n) is 11.0. The molecule has 20 heavy (non-hydrogen) atoms. The first-order chi connectivity index (χ1) is 9.79. The zero-order chi connectivity index (χ0) is 13.9. The molecule has 2 aromatic heterocycles. The highest BCUT2D eigenvalue weighted by molar-refractivity contribution is 5.94. The second kappa shape index (κ2) is 5.10. The van der Waals surface area contributed by atoms with Gasteiger partial charge < -0.3 is 10.7 Å². The van der Waals surface area contributed by atoms with Gasteiger partial charge in [-0.1, -0.05) is 12.1 Å². The Balaban J connectivity index is 2.06. The largest absolute Gasteiger partial charge is 0.339 e. The lowest BCUT2D eigenvalue weighted by molar-refractivity contribution is 1.11. The van der Waals surface area contributed by atoms with Crippen LogP contribution >= 0.6 is 0 Å². The number of aromatic nitrogens is 3. The molecule has 0 aliphatic heterocycles. The van der Waals surface area contributed by atoms with Crippen LogP contribution in [0.25, 0.3) is 10.8 Å². The third-order valence-corrected chi connectivity index (χ3v) is 3.16. The number of hydrogen-bond acceptors (Lipinski definition) is 6. The van der Waals surface area contributed by atoms with Crippen LogP contribution < -0.4 is 16.6 Å². The number of nitrogens with zero attached hydrogens (tertiary/aromatic N) is 3. The molecule has 0 atom stereocenters. The number of rotatable bonds is 3. The lowest BCUT2D eigenvalue weighted by atomic mass is 10.1. The molecule has 0 amide bonds. The summed E-state index contributed by atoms with van der Waals surface area (Å²) in [6, 6.07) is 7.99. The quantitative estimate of drug-likeness (QED) is 0.498. The third kappa shape index (κ3) is 2.12. The summed E-state index contributed by atoms with van der Waals surface area (Å²) in [4.78, 5) is 12.5. The van der Waals surface area contributed by atoms with E-state index < -0.39 is 0 Å². The summed E-state index contributed by atoms with van der Waals surface area (Å²) in [6.45, 7) is 1.90.